The minimum absolute atomic E-state index is 0.0256. The van der Waals surface area contributed by atoms with E-state index >= 15 is 0 Å². The van der Waals surface area contributed by atoms with Crippen molar-refractivity contribution in [3.05, 3.63) is 58.8 Å². The van der Waals surface area contributed by atoms with Crippen molar-refractivity contribution in [3.63, 3.8) is 0 Å². The van der Waals surface area contributed by atoms with Gasteiger partial charge in [0.2, 0.25) is 11.4 Å². The zero-order valence-electron chi connectivity index (χ0n) is 17.7. The Balaban J connectivity index is 1.27. The molecular weight excluding hydrogens is 394 g/mol. The predicted molar refractivity (Wildman–Crippen MR) is 119 cm³/mol. The first-order chi connectivity index (χ1) is 15.2. The lowest BCUT2D eigenvalue weighted by Crippen LogP contribution is -2.46. The first-order valence-electron chi connectivity index (χ1n) is 10.8. The predicted octanol–water partition coefficient (Wildman–Crippen LogP) is 1.82. The van der Waals surface area contributed by atoms with E-state index in [0.29, 0.717) is 12.5 Å². The molecule has 1 atom stereocenters. The molecule has 1 aromatic carbocycles. The van der Waals surface area contributed by atoms with Gasteiger partial charge >= 0.3 is 0 Å². The van der Waals surface area contributed by atoms with Crippen LogP contribution in [-0.4, -0.2) is 64.9 Å². The number of hydrogen-bond donors (Lipinski definition) is 0. The lowest BCUT2D eigenvalue weighted by molar-refractivity contribution is 0.139. The number of piperazine rings is 1. The third-order valence-corrected chi connectivity index (χ3v) is 6.04. The summed E-state index contributed by atoms with van der Waals surface area (Å²) in [6, 6.07) is 9.87. The Labute approximate surface area is 181 Å². The highest BCUT2D eigenvalue weighted by Gasteiger charge is 2.21. The molecule has 2 aromatic heterocycles. The topological polar surface area (TPSA) is 72.7 Å². The fourth-order valence-electron chi connectivity index (χ4n) is 4.24. The average molecular weight is 422 g/mol. The summed E-state index contributed by atoms with van der Waals surface area (Å²) >= 11 is 0. The quantitative estimate of drug-likeness (QED) is 0.622. The number of pyridine rings is 1. The fourth-order valence-corrected chi connectivity index (χ4v) is 4.24. The lowest BCUT2D eigenvalue weighted by Gasteiger charge is -2.36. The van der Waals surface area contributed by atoms with Gasteiger partial charge in [-0.3, -0.25) is 9.69 Å². The van der Waals surface area contributed by atoms with E-state index in [1.54, 1.807) is 24.0 Å². The molecule has 1 unspecified atom stereocenters. The number of fused-ring (bicyclic) bond motifs is 1. The molecular formula is C23H27N5O3. The molecule has 0 amide bonds. The van der Waals surface area contributed by atoms with E-state index in [4.69, 9.17) is 9.47 Å². The maximum Gasteiger partial charge on any atom is 0.250 e. The number of nitrogens with zero attached hydrogens (tertiary/aromatic N) is 5. The highest BCUT2D eigenvalue weighted by atomic mass is 16.5. The van der Waals surface area contributed by atoms with Crippen LogP contribution < -0.4 is 15.2 Å². The molecule has 2 saturated heterocycles. The van der Waals surface area contributed by atoms with Gasteiger partial charge < -0.3 is 18.9 Å². The van der Waals surface area contributed by atoms with Crippen molar-refractivity contribution in [1.82, 2.24) is 19.4 Å². The molecule has 0 N–H and O–H groups in total. The van der Waals surface area contributed by atoms with Crippen molar-refractivity contribution in [1.29, 1.82) is 0 Å². The van der Waals surface area contributed by atoms with E-state index in [0.717, 1.165) is 67.9 Å². The Morgan fingerprint density at radius 1 is 1.13 bits per heavy atom. The van der Waals surface area contributed by atoms with Crippen LogP contribution in [0.2, 0.25) is 0 Å². The van der Waals surface area contributed by atoms with Gasteiger partial charge in [0.1, 0.15) is 12.4 Å². The molecule has 2 fully saturated rings. The molecule has 5 rings (SSSR count). The van der Waals surface area contributed by atoms with Crippen LogP contribution >= 0.6 is 0 Å². The van der Waals surface area contributed by atoms with Crippen LogP contribution in [0.15, 0.2) is 47.7 Å². The molecule has 0 spiro atoms. The lowest BCUT2D eigenvalue weighted by atomic mass is 10.1. The van der Waals surface area contributed by atoms with Crippen molar-refractivity contribution in [3.8, 4) is 5.88 Å². The van der Waals surface area contributed by atoms with Gasteiger partial charge in [-0.15, -0.1) is 0 Å². The minimum Gasteiger partial charge on any atom is -0.471 e. The zero-order valence-corrected chi connectivity index (χ0v) is 17.7. The fraction of sp³-hybridized carbons (Fsp3) is 0.435. The average Bonchev–Trinajstić information content (AvgIpc) is 3.30. The smallest absolute Gasteiger partial charge is 0.250 e. The molecule has 8 nitrogen and oxygen atoms in total. The number of ether oxygens (including phenoxy) is 2. The third kappa shape index (κ3) is 4.40. The van der Waals surface area contributed by atoms with E-state index in [1.165, 1.54) is 0 Å². The first kappa shape index (κ1) is 20.0. The Kier molecular flexibility index (Phi) is 5.57. The highest BCUT2D eigenvalue weighted by molar-refractivity contribution is 5.86. The van der Waals surface area contributed by atoms with Gasteiger partial charge in [-0.2, -0.15) is 0 Å². The number of anilines is 1. The van der Waals surface area contributed by atoms with Crippen molar-refractivity contribution in [2.24, 2.45) is 7.05 Å². The van der Waals surface area contributed by atoms with Gasteiger partial charge in [-0.05, 0) is 23.8 Å². The summed E-state index contributed by atoms with van der Waals surface area (Å²) in [5.41, 5.74) is 3.24. The summed E-state index contributed by atoms with van der Waals surface area (Å²) in [5, 5.41) is 0.944. The molecule has 8 heteroatoms. The zero-order chi connectivity index (χ0) is 21.2. The SMILES string of the molecule is Cn1cc(CN2CCN(c3ccc4ncnc(OC5CCOC5)c4c3)CC2)ccc1=O. The summed E-state index contributed by atoms with van der Waals surface area (Å²) in [6.45, 7) is 6.03. The Morgan fingerprint density at radius 2 is 2.00 bits per heavy atom. The Morgan fingerprint density at radius 3 is 2.77 bits per heavy atom. The summed E-state index contributed by atoms with van der Waals surface area (Å²) in [5.74, 6) is 0.635. The molecule has 4 heterocycles. The minimum atomic E-state index is 0.0256. The van der Waals surface area contributed by atoms with Crippen LogP contribution in [0.3, 0.4) is 0 Å². The monoisotopic (exact) mass is 421 g/mol. The Bertz CT molecular complexity index is 1120. The number of rotatable bonds is 5. The maximum absolute atomic E-state index is 11.6. The largest absolute Gasteiger partial charge is 0.471 e. The normalized spacial score (nSPS) is 19.8. The van der Waals surface area contributed by atoms with Crippen molar-refractivity contribution >= 4 is 16.6 Å². The summed E-state index contributed by atoms with van der Waals surface area (Å²) in [4.78, 5) is 25.2. The second kappa shape index (κ2) is 8.64. The molecule has 3 aromatic rings. The second-order valence-electron chi connectivity index (χ2n) is 8.23. The standard InChI is InChI=1S/C23H27N5O3/c1-26-13-17(2-5-22(26)29)14-27-7-9-28(10-8-27)18-3-4-21-20(12-18)23(25-16-24-21)31-19-6-11-30-15-19/h2-5,12-13,16,19H,6-11,14-15H2,1H3. The second-order valence-corrected chi connectivity index (χ2v) is 8.23. The van der Waals surface area contributed by atoms with Gasteiger partial charge in [0, 0.05) is 64.1 Å². The van der Waals surface area contributed by atoms with Gasteiger partial charge in [-0.1, -0.05) is 6.07 Å². The number of hydrogen-bond acceptors (Lipinski definition) is 7. The number of aromatic nitrogens is 3. The van der Waals surface area contributed by atoms with Crippen molar-refractivity contribution in [2.45, 2.75) is 19.1 Å². The molecule has 2 aliphatic heterocycles. The molecule has 0 aliphatic carbocycles. The van der Waals surface area contributed by atoms with Crippen molar-refractivity contribution in [2.75, 3.05) is 44.3 Å². The van der Waals surface area contributed by atoms with E-state index in [1.807, 2.05) is 18.3 Å². The van der Waals surface area contributed by atoms with Gasteiger partial charge in [0.15, 0.2) is 0 Å². The van der Waals surface area contributed by atoms with Crippen LogP contribution in [0.25, 0.3) is 10.9 Å². The summed E-state index contributed by atoms with van der Waals surface area (Å²) in [7, 11) is 1.80. The van der Waals surface area contributed by atoms with E-state index in [9.17, 15) is 4.79 Å². The van der Waals surface area contributed by atoms with Crippen molar-refractivity contribution < 1.29 is 9.47 Å². The van der Waals surface area contributed by atoms with Gasteiger partial charge in [-0.25, -0.2) is 9.97 Å². The molecule has 0 bridgehead atoms. The summed E-state index contributed by atoms with van der Waals surface area (Å²) in [6.07, 6.45) is 4.44. The molecule has 0 radical (unpaired) electrons. The number of benzene rings is 1. The van der Waals surface area contributed by atoms with Crippen LogP contribution in [0.5, 0.6) is 5.88 Å². The molecule has 31 heavy (non-hydrogen) atoms. The van der Waals surface area contributed by atoms with E-state index < -0.39 is 0 Å². The van der Waals surface area contributed by atoms with Crippen LogP contribution in [0.4, 0.5) is 5.69 Å². The summed E-state index contributed by atoms with van der Waals surface area (Å²) < 4.78 is 13.2. The number of aryl methyl sites for hydroxylation is 1. The maximum atomic E-state index is 11.6. The van der Waals surface area contributed by atoms with Gasteiger partial charge in [0.05, 0.1) is 24.1 Å². The Hall–Kier alpha value is -2.97. The van der Waals surface area contributed by atoms with Crippen LogP contribution in [0.1, 0.15) is 12.0 Å². The highest BCUT2D eigenvalue weighted by Crippen LogP contribution is 2.29. The third-order valence-electron chi connectivity index (χ3n) is 6.04. The van der Waals surface area contributed by atoms with Gasteiger partial charge in [0.25, 0.3) is 0 Å². The first-order valence-corrected chi connectivity index (χ1v) is 10.8. The van der Waals surface area contributed by atoms with Crippen LogP contribution in [0, 0.1) is 0 Å². The van der Waals surface area contributed by atoms with E-state index in [-0.39, 0.29) is 11.7 Å². The molecule has 2 aliphatic rings. The molecule has 162 valence electrons. The van der Waals surface area contributed by atoms with Crippen LogP contribution in [-0.2, 0) is 18.3 Å². The van der Waals surface area contributed by atoms with E-state index in [2.05, 4.69) is 31.9 Å². The molecule has 0 saturated carbocycles.